The van der Waals surface area contributed by atoms with E-state index in [4.69, 9.17) is 90.0 Å². The van der Waals surface area contributed by atoms with Crippen molar-refractivity contribution in [2.24, 2.45) is 50.2 Å². The Morgan fingerprint density at radius 3 is 1.47 bits per heavy atom. The summed E-state index contributed by atoms with van der Waals surface area (Å²) in [6.07, 6.45) is -74.3. The van der Waals surface area contributed by atoms with Gasteiger partial charge in [-0.25, -0.2) is 4.79 Å². The number of hydrogen-bond donors (Lipinski definition) is 26. The molecule has 47 heteroatoms. The highest BCUT2D eigenvalue weighted by atomic mass is 16.8. The first-order chi connectivity index (χ1) is 65.2. The summed E-state index contributed by atoms with van der Waals surface area (Å²) in [7, 11) is 0. The zero-order valence-electron chi connectivity index (χ0n) is 79.7. The third kappa shape index (κ3) is 20.6. The molecule has 14 aliphatic rings. The zero-order chi connectivity index (χ0) is 102. The number of ether oxygens (including phenoxy) is 19. The SMILES string of the molecule is C=C[C@](C)(CC/C=C(\C)C(=O)O[C@H]1C[C@]2(C(=O)O[C@@H]3O[C@H](CO)[C@@H](O)[C@H](O)[C@H]3O[C@@H]3O[C@@H](C)[C@H](O[C@@H]4O[C@@H](CO)[C@H](O)[C@H]4O)[C@@H](O[C@@H]4O[C@H](CO)[C@@H](O)[C@H](O)[C@H]4O)[C@H]3O)[C@H](O)C[C@]3(C)C(=CC[C@@H]4[C@@]5(C)CC[C@H](O[C@@H]6O[C@H](CO[C@@H]7O[C@H](C)[C@H](O)[C@H](O)[C@H]7O[C@@H]7OC[C@@H](O)[C@H](O)[C@H]7O)[C@@H](O)[C@H](O)[C@H]6O[C@@H]6O[C@H](CO)[C@@H](O)[C@H](O)[C@H]6O)C(C)(C)[C@@H]5CC[C@]43C)[C@@H]2CC1(C)C)O[C@@H]1O[C@H](C)[C@@H](O)[C@H](O)[C@H]1O. The lowest BCUT2D eigenvalue weighted by Crippen LogP contribution is -2.70. The number of rotatable bonds is 29. The molecule has 9 heterocycles. The molecule has 4 saturated carbocycles. The molecule has 798 valence electrons. The molecule has 47 nitrogen and oxygen atoms in total. The molecule has 9 saturated heterocycles. The van der Waals surface area contributed by atoms with Gasteiger partial charge in [0.25, 0.3) is 0 Å². The molecule has 13 fully saturated rings. The van der Waals surface area contributed by atoms with Gasteiger partial charge in [-0.3, -0.25) is 4.79 Å². The molecular formula is C92H148O47. The summed E-state index contributed by atoms with van der Waals surface area (Å²) in [4.78, 5) is 31.8. The molecule has 26 N–H and O–H groups in total. The van der Waals surface area contributed by atoms with Gasteiger partial charge in [0.1, 0.15) is 195 Å². The Labute approximate surface area is 802 Å². The summed E-state index contributed by atoms with van der Waals surface area (Å²) < 4.78 is 117. The van der Waals surface area contributed by atoms with Crippen LogP contribution in [-0.2, 0) is 99.6 Å². The van der Waals surface area contributed by atoms with Crippen LogP contribution in [0.3, 0.4) is 0 Å². The maximum Gasteiger partial charge on any atom is 0.333 e. The van der Waals surface area contributed by atoms with E-state index >= 15 is 4.79 Å². The van der Waals surface area contributed by atoms with Gasteiger partial charge in [0.15, 0.2) is 56.4 Å². The van der Waals surface area contributed by atoms with Gasteiger partial charge < -0.3 is 223 Å². The molecule has 0 spiro atoms. The topological polar surface area (TPSA) is 735 Å². The van der Waals surface area contributed by atoms with E-state index in [9.17, 15) is 138 Å². The molecule has 0 aromatic carbocycles. The molecule has 0 unspecified atom stereocenters. The second kappa shape index (κ2) is 43.2. The Morgan fingerprint density at radius 2 is 0.899 bits per heavy atom. The molecular weight excluding hydrogens is 1860 g/mol. The van der Waals surface area contributed by atoms with Crippen molar-refractivity contribution in [3.05, 3.63) is 36.0 Å². The maximum absolute atomic E-state index is 16.8. The molecule has 0 amide bonds. The second-order valence-electron chi connectivity index (χ2n) is 42.8. The van der Waals surface area contributed by atoms with Gasteiger partial charge in [-0.15, -0.1) is 6.58 Å². The fourth-order valence-corrected chi connectivity index (χ4v) is 24.5. The summed E-state index contributed by atoms with van der Waals surface area (Å²) in [5, 5.41) is 290. The number of hydrogen-bond acceptors (Lipinski definition) is 47. The van der Waals surface area contributed by atoms with Gasteiger partial charge in [0.2, 0.25) is 6.29 Å². The highest BCUT2D eigenvalue weighted by Crippen LogP contribution is 2.76. The van der Waals surface area contributed by atoms with E-state index in [1.807, 2.05) is 34.6 Å². The normalized spacial score (nSPS) is 52.1. The van der Waals surface area contributed by atoms with Crippen molar-refractivity contribution in [1.29, 1.82) is 0 Å². The van der Waals surface area contributed by atoms with Crippen molar-refractivity contribution in [2.45, 2.75) is 435 Å². The van der Waals surface area contributed by atoms with Crippen molar-refractivity contribution >= 4 is 11.9 Å². The number of carbonyl (C=O) groups excluding carboxylic acids is 2. The highest BCUT2D eigenvalue weighted by Gasteiger charge is 2.74. The van der Waals surface area contributed by atoms with E-state index < -0.39 is 384 Å². The molecule has 14 rings (SSSR count). The summed E-state index contributed by atoms with van der Waals surface area (Å²) in [5.74, 6) is -3.64. The van der Waals surface area contributed by atoms with Gasteiger partial charge in [-0.05, 0) is 132 Å². The molecule has 9 aliphatic heterocycles. The number of aliphatic hydroxyl groups is 26. The average molecular weight is 2010 g/mol. The van der Waals surface area contributed by atoms with Crippen LogP contribution < -0.4 is 0 Å². The number of aliphatic hydroxyl groups excluding tert-OH is 26. The molecule has 0 aromatic heterocycles. The predicted molar refractivity (Wildman–Crippen MR) is 460 cm³/mol. The fourth-order valence-electron chi connectivity index (χ4n) is 24.5. The summed E-state index contributed by atoms with van der Waals surface area (Å²) in [5.41, 5.74) is -7.14. The van der Waals surface area contributed by atoms with Crippen LogP contribution in [0.2, 0.25) is 0 Å². The van der Waals surface area contributed by atoms with Crippen LogP contribution in [0.4, 0.5) is 0 Å². The first-order valence-electron chi connectivity index (χ1n) is 48.1. The van der Waals surface area contributed by atoms with Crippen LogP contribution in [0.5, 0.6) is 0 Å². The first kappa shape index (κ1) is 111. The molecule has 5 aliphatic carbocycles. The van der Waals surface area contributed by atoms with Crippen LogP contribution in [0.15, 0.2) is 36.0 Å². The summed E-state index contributed by atoms with van der Waals surface area (Å²) in [6, 6.07) is 0. The van der Waals surface area contributed by atoms with E-state index in [-0.39, 0.29) is 49.5 Å². The molecule has 139 heavy (non-hydrogen) atoms. The number of carbonyl (C=O) groups is 2. The first-order valence-corrected chi connectivity index (χ1v) is 48.1. The van der Waals surface area contributed by atoms with Crippen LogP contribution in [-0.4, -0.2) is 472 Å². The fraction of sp³-hybridized carbons (Fsp3) is 0.913. The lowest BCUT2D eigenvalue weighted by atomic mass is 9.33. The smallest absolute Gasteiger partial charge is 0.333 e. The van der Waals surface area contributed by atoms with Crippen LogP contribution in [0, 0.1) is 50.2 Å². The van der Waals surface area contributed by atoms with Crippen molar-refractivity contribution < 1.29 is 232 Å². The predicted octanol–water partition coefficient (Wildman–Crippen LogP) is -8.40. The van der Waals surface area contributed by atoms with Gasteiger partial charge in [-0.1, -0.05) is 72.3 Å². The molecule has 54 atom stereocenters. The van der Waals surface area contributed by atoms with Crippen LogP contribution >= 0.6 is 0 Å². The Hall–Kier alpha value is -3.56. The van der Waals surface area contributed by atoms with E-state index in [2.05, 4.69) is 26.5 Å². The number of fused-ring (bicyclic) bond motifs is 7. The number of allylic oxidation sites excluding steroid dienone is 3. The lowest BCUT2D eigenvalue weighted by Gasteiger charge is -2.72. The Bertz CT molecular complexity index is 4170. The van der Waals surface area contributed by atoms with Crippen LogP contribution in [0.1, 0.15) is 147 Å². The molecule has 0 radical (unpaired) electrons. The second-order valence-corrected chi connectivity index (χ2v) is 42.8. The largest absolute Gasteiger partial charge is 0.458 e. The van der Waals surface area contributed by atoms with Crippen molar-refractivity contribution in [3.63, 3.8) is 0 Å². The van der Waals surface area contributed by atoms with E-state index in [0.29, 0.717) is 25.7 Å². The monoisotopic (exact) mass is 2000 g/mol. The van der Waals surface area contributed by atoms with Gasteiger partial charge in [-0.2, -0.15) is 0 Å². The van der Waals surface area contributed by atoms with Gasteiger partial charge in [0.05, 0.1) is 75.8 Å². The molecule has 0 bridgehead atoms. The van der Waals surface area contributed by atoms with Crippen LogP contribution in [0.25, 0.3) is 0 Å². The average Bonchev–Trinajstić information content (AvgIpc) is 0.907. The standard InChI is InChI=1S/C92H148O47/c1-14-88(10,139-81-68(117)58(107)50(99)34(3)123-81)21-15-16-33(2)75(119)131-49-26-92(85(120)138-84-74(62(111)55(104)42(29-95)129-84)137-80-69(118)71(134-78-66(115)59(108)53(102)40(27-93)126-78)70(36(5)125-80)133-77-65(114)56(105)43(30-96)128-77)38(24-86(49,6)7)37-17-18-46-89(11)22-20-48(87(8,9)45(89)19-23-90(46,12)91(37,13)25-47(92)98)132-83-73(136-79-67(116)60(109)54(103)41(28-94)127-79)63(112)57(106)44(130-83)32-122-82-72(61(110)51(100)35(4)124-82)135-76-64(113)52(101)39(97)31-121-76/h14,16-17,34-36,38-74,76-84,93-118H,1,15,18-32H2,2-13H3/b33-16+/t34-,35-,36+,38+,39-,40-,41-,42-,43+,44-,45+,46-,47-,48+,49+,50-,51+,52+,53-,54-,55-,56+,57-,58+,59+,60+,61+,62+,63+,64-,65-,66-,67-,68-,69-,70+,71+,72-,73-,74-,76+,77+,78+,79+,80+,81+,82-,83+,84+,88-,89+,90-,91-,92-/m1/s1. The van der Waals surface area contributed by atoms with Crippen molar-refractivity contribution in [1.82, 2.24) is 0 Å². The quantitative estimate of drug-likeness (QED) is 0.0143. The van der Waals surface area contributed by atoms with Crippen molar-refractivity contribution in [3.8, 4) is 0 Å². The third-order valence-electron chi connectivity index (χ3n) is 33.5. The van der Waals surface area contributed by atoms with E-state index in [1.54, 1.807) is 13.0 Å². The van der Waals surface area contributed by atoms with E-state index in [0.717, 1.165) is 5.57 Å². The Morgan fingerprint density at radius 1 is 0.446 bits per heavy atom. The Balaban J connectivity index is 0.767. The minimum absolute atomic E-state index is 0.0199. The van der Waals surface area contributed by atoms with Crippen molar-refractivity contribution in [2.75, 3.05) is 39.6 Å². The minimum atomic E-state index is -2.28. The summed E-state index contributed by atoms with van der Waals surface area (Å²) >= 11 is 0. The number of esters is 2. The Kier molecular flexibility index (Phi) is 34.5. The third-order valence-corrected chi connectivity index (χ3v) is 33.5. The molecule has 0 aromatic rings. The van der Waals surface area contributed by atoms with Gasteiger partial charge in [0, 0.05) is 17.4 Å². The minimum Gasteiger partial charge on any atom is -0.458 e. The lowest BCUT2D eigenvalue weighted by molar-refractivity contribution is -0.390. The maximum atomic E-state index is 16.8. The highest BCUT2D eigenvalue weighted by molar-refractivity contribution is 5.88. The van der Waals surface area contributed by atoms with E-state index in [1.165, 1.54) is 33.8 Å². The van der Waals surface area contributed by atoms with Gasteiger partial charge >= 0.3 is 11.9 Å². The zero-order valence-corrected chi connectivity index (χ0v) is 79.7. The summed E-state index contributed by atoms with van der Waals surface area (Å²) in [6.45, 7) is 20.4.